The molecule has 25 heavy (non-hydrogen) atoms. The number of nitrogens with one attached hydrogen (secondary N) is 1. The van der Waals surface area contributed by atoms with Crippen molar-refractivity contribution in [3.05, 3.63) is 54.2 Å². The van der Waals surface area contributed by atoms with Crippen molar-refractivity contribution in [1.29, 1.82) is 0 Å². The molecular weight excluding hydrogens is 318 g/mol. The van der Waals surface area contributed by atoms with Crippen LogP contribution in [0.15, 0.2) is 48.7 Å². The number of carbonyl (C=O) groups is 2. The second-order valence-electron chi connectivity index (χ2n) is 5.89. The van der Waals surface area contributed by atoms with Gasteiger partial charge < -0.3 is 15.0 Å². The van der Waals surface area contributed by atoms with Crippen molar-refractivity contribution >= 4 is 11.8 Å². The first-order valence-corrected chi connectivity index (χ1v) is 8.47. The molecule has 1 N–H and O–H groups in total. The lowest BCUT2D eigenvalue weighted by molar-refractivity contribution is -0.127. The van der Waals surface area contributed by atoms with Gasteiger partial charge in [-0.05, 0) is 37.1 Å². The molecule has 6 heteroatoms. The third kappa shape index (κ3) is 4.79. The van der Waals surface area contributed by atoms with Crippen LogP contribution in [0.2, 0.25) is 0 Å². The molecule has 0 atom stereocenters. The van der Waals surface area contributed by atoms with E-state index < -0.39 is 0 Å². The molecule has 2 heterocycles. The fraction of sp³-hybridized carbons (Fsp3) is 0.316. The minimum absolute atomic E-state index is 0.154. The van der Waals surface area contributed by atoms with Crippen LogP contribution >= 0.6 is 0 Å². The number of carbonyl (C=O) groups excluding carboxylic acids is 2. The van der Waals surface area contributed by atoms with Gasteiger partial charge in [-0.15, -0.1) is 0 Å². The van der Waals surface area contributed by atoms with Crippen molar-refractivity contribution in [3.8, 4) is 11.6 Å². The number of benzene rings is 1. The van der Waals surface area contributed by atoms with Gasteiger partial charge in [-0.25, -0.2) is 4.98 Å². The van der Waals surface area contributed by atoms with Gasteiger partial charge in [0.2, 0.25) is 11.8 Å². The fourth-order valence-electron chi connectivity index (χ4n) is 2.74. The molecule has 130 valence electrons. The van der Waals surface area contributed by atoms with Crippen LogP contribution in [0.4, 0.5) is 0 Å². The summed E-state index contributed by atoms with van der Waals surface area (Å²) in [4.78, 5) is 29.7. The Labute approximate surface area is 146 Å². The van der Waals surface area contributed by atoms with Crippen molar-refractivity contribution in [1.82, 2.24) is 15.2 Å². The summed E-state index contributed by atoms with van der Waals surface area (Å²) in [5.41, 5.74) is 0.533. The SMILES string of the molecule is O=C(NCCCN1CCCC1=O)c1cccc(Oc2ccccn2)c1. The number of likely N-dealkylation sites (tertiary alicyclic amines) is 1. The molecule has 0 bridgehead atoms. The van der Waals surface area contributed by atoms with Gasteiger partial charge in [-0.2, -0.15) is 0 Å². The normalized spacial score (nSPS) is 13.8. The maximum absolute atomic E-state index is 12.2. The van der Waals surface area contributed by atoms with E-state index in [1.165, 1.54) is 0 Å². The Hall–Kier alpha value is -2.89. The Morgan fingerprint density at radius 2 is 2.16 bits per heavy atom. The van der Waals surface area contributed by atoms with E-state index in [4.69, 9.17) is 4.74 Å². The van der Waals surface area contributed by atoms with Gasteiger partial charge in [0, 0.05) is 43.9 Å². The fourth-order valence-corrected chi connectivity index (χ4v) is 2.74. The predicted molar refractivity (Wildman–Crippen MR) is 93.5 cm³/mol. The van der Waals surface area contributed by atoms with Crippen molar-refractivity contribution < 1.29 is 14.3 Å². The van der Waals surface area contributed by atoms with E-state index in [-0.39, 0.29) is 11.8 Å². The third-order valence-electron chi connectivity index (χ3n) is 4.02. The topological polar surface area (TPSA) is 71.5 Å². The van der Waals surface area contributed by atoms with Crippen LogP contribution in [0.1, 0.15) is 29.6 Å². The molecule has 6 nitrogen and oxygen atoms in total. The van der Waals surface area contributed by atoms with Gasteiger partial charge in [0.15, 0.2) is 0 Å². The summed E-state index contributed by atoms with van der Waals surface area (Å²) < 4.78 is 5.64. The highest BCUT2D eigenvalue weighted by Crippen LogP contribution is 2.20. The number of ether oxygens (including phenoxy) is 1. The zero-order valence-electron chi connectivity index (χ0n) is 14.0. The maximum Gasteiger partial charge on any atom is 0.251 e. The first kappa shape index (κ1) is 17.0. The predicted octanol–water partition coefficient (Wildman–Crippen LogP) is 2.62. The average Bonchev–Trinajstić information content (AvgIpc) is 3.04. The Morgan fingerprint density at radius 1 is 1.24 bits per heavy atom. The molecule has 1 aromatic carbocycles. The molecule has 1 aromatic heterocycles. The van der Waals surface area contributed by atoms with Crippen LogP contribution in [0.5, 0.6) is 11.6 Å². The van der Waals surface area contributed by atoms with Gasteiger partial charge in [-0.1, -0.05) is 12.1 Å². The summed E-state index contributed by atoms with van der Waals surface area (Å²) in [6.45, 7) is 2.07. The molecule has 1 aliphatic heterocycles. The van der Waals surface area contributed by atoms with Gasteiger partial charge >= 0.3 is 0 Å². The van der Waals surface area contributed by atoms with Gasteiger partial charge in [0.25, 0.3) is 5.91 Å². The van der Waals surface area contributed by atoms with E-state index in [2.05, 4.69) is 10.3 Å². The Balaban J connectivity index is 1.48. The Kier molecular flexibility index (Phi) is 5.61. The second kappa shape index (κ2) is 8.28. The lowest BCUT2D eigenvalue weighted by Crippen LogP contribution is -2.30. The molecule has 3 rings (SSSR count). The zero-order valence-corrected chi connectivity index (χ0v) is 14.0. The second-order valence-corrected chi connectivity index (χ2v) is 5.89. The quantitative estimate of drug-likeness (QED) is 0.787. The standard InChI is InChI=1S/C19H21N3O3/c23-18-9-4-12-22(18)13-5-11-21-19(24)15-6-3-7-16(14-15)25-17-8-1-2-10-20-17/h1-3,6-8,10,14H,4-5,9,11-13H2,(H,21,24). The Bertz CT molecular complexity index is 734. The van der Waals surface area contributed by atoms with E-state index in [0.29, 0.717) is 36.7 Å². The van der Waals surface area contributed by atoms with E-state index >= 15 is 0 Å². The first-order chi connectivity index (χ1) is 12.2. The van der Waals surface area contributed by atoms with Crippen molar-refractivity contribution in [2.24, 2.45) is 0 Å². The van der Waals surface area contributed by atoms with E-state index in [0.717, 1.165) is 19.4 Å². The van der Waals surface area contributed by atoms with Gasteiger partial charge in [-0.3, -0.25) is 9.59 Å². The molecule has 2 amide bonds. The van der Waals surface area contributed by atoms with E-state index in [9.17, 15) is 9.59 Å². The van der Waals surface area contributed by atoms with Gasteiger partial charge in [0.05, 0.1) is 0 Å². The largest absolute Gasteiger partial charge is 0.439 e. The molecule has 0 saturated carbocycles. The summed E-state index contributed by atoms with van der Waals surface area (Å²) in [5.74, 6) is 1.11. The molecule has 0 unspecified atom stereocenters. The highest BCUT2D eigenvalue weighted by Gasteiger charge is 2.19. The Morgan fingerprint density at radius 3 is 2.92 bits per heavy atom. The number of hydrogen-bond acceptors (Lipinski definition) is 4. The van der Waals surface area contributed by atoms with Crippen molar-refractivity contribution in [2.75, 3.05) is 19.6 Å². The van der Waals surface area contributed by atoms with E-state index in [1.54, 1.807) is 36.5 Å². The summed E-state index contributed by atoms with van der Waals surface area (Å²) in [6, 6.07) is 12.4. The highest BCUT2D eigenvalue weighted by atomic mass is 16.5. The van der Waals surface area contributed by atoms with Crippen LogP contribution in [-0.4, -0.2) is 41.3 Å². The minimum Gasteiger partial charge on any atom is -0.439 e. The molecule has 0 radical (unpaired) electrons. The summed E-state index contributed by atoms with van der Waals surface area (Å²) >= 11 is 0. The molecule has 2 aromatic rings. The van der Waals surface area contributed by atoms with Crippen LogP contribution in [-0.2, 0) is 4.79 Å². The molecule has 0 aliphatic carbocycles. The highest BCUT2D eigenvalue weighted by molar-refractivity contribution is 5.94. The number of pyridine rings is 1. The average molecular weight is 339 g/mol. The van der Waals surface area contributed by atoms with Crippen LogP contribution in [0.3, 0.4) is 0 Å². The van der Waals surface area contributed by atoms with E-state index in [1.807, 2.05) is 17.0 Å². The van der Waals surface area contributed by atoms with Crippen molar-refractivity contribution in [3.63, 3.8) is 0 Å². The molecule has 0 spiro atoms. The monoisotopic (exact) mass is 339 g/mol. The summed E-state index contributed by atoms with van der Waals surface area (Å²) in [7, 11) is 0. The number of amides is 2. The summed E-state index contributed by atoms with van der Waals surface area (Å²) in [6.07, 6.45) is 3.99. The summed E-state index contributed by atoms with van der Waals surface area (Å²) in [5, 5.41) is 2.88. The number of nitrogens with zero attached hydrogens (tertiary/aromatic N) is 2. The van der Waals surface area contributed by atoms with Crippen LogP contribution < -0.4 is 10.1 Å². The van der Waals surface area contributed by atoms with Crippen LogP contribution in [0, 0.1) is 0 Å². The maximum atomic E-state index is 12.2. The lowest BCUT2D eigenvalue weighted by atomic mass is 10.2. The molecular formula is C19H21N3O3. The minimum atomic E-state index is -0.154. The number of hydrogen-bond donors (Lipinski definition) is 1. The first-order valence-electron chi connectivity index (χ1n) is 8.47. The molecule has 1 fully saturated rings. The molecule has 1 aliphatic rings. The zero-order chi connectivity index (χ0) is 17.5. The molecule has 1 saturated heterocycles. The van der Waals surface area contributed by atoms with Crippen LogP contribution in [0.25, 0.3) is 0 Å². The van der Waals surface area contributed by atoms with Crippen molar-refractivity contribution in [2.45, 2.75) is 19.3 Å². The van der Waals surface area contributed by atoms with Gasteiger partial charge in [0.1, 0.15) is 5.75 Å². The third-order valence-corrected chi connectivity index (χ3v) is 4.02. The smallest absolute Gasteiger partial charge is 0.251 e. The number of rotatable bonds is 7. The number of aromatic nitrogens is 1. The lowest BCUT2D eigenvalue weighted by Gasteiger charge is -2.15.